The van der Waals surface area contributed by atoms with Crippen LogP contribution in [0.15, 0.2) is 35.3 Å². The molecule has 0 aliphatic heterocycles. The highest BCUT2D eigenvalue weighted by molar-refractivity contribution is 5.98. The third-order valence-electron chi connectivity index (χ3n) is 5.50. The first-order valence-corrected chi connectivity index (χ1v) is 10.0. The summed E-state index contributed by atoms with van der Waals surface area (Å²) in [5.74, 6) is -1.15. The van der Waals surface area contributed by atoms with Crippen molar-refractivity contribution in [2.24, 2.45) is 0 Å². The third kappa shape index (κ3) is 3.44. The summed E-state index contributed by atoms with van der Waals surface area (Å²) >= 11 is 0. The van der Waals surface area contributed by atoms with E-state index >= 15 is 4.39 Å². The molecule has 0 amide bonds. The molecular formula is C24H21FN2O4. The lowest BCUT2D eigenvalue weighted by atomic mass is 9.97. The molecule has 0 N–H and O–H groups in total. The molecule has 1 fully saturated rings. The van der Waals surface area contributed by atoms with Gasteiger partial charge in [0.15, 0.2) is 5.75 Å². The largest absolute Gasteiger partial charge is 0.494 e. The Bertz CT molecular complexity index is 1320. The summed E-state index contributed by atoms with van der Waals surface area (Å²) in [6, 6.07) is 8.35. The smallest absolute Gasteiger partial charge is 0.343 e. The maximum Gasteiger partial charge on any atom is 0.343 e. The summed E-state index contributed by atoms with van der Waals surface area (Å²) in [7, 11) is 1.43. The molecule has 158 valence electrons. The Morgan fingerprint density at radius 3 is 2.65 bits per heavy atom. The Morgan fingerprint density at radius 2 is 2.06 bits per heavy atom. The van der Waals surface area contributed by atoms with Crippen LogP contribution in [0.2, 0.25) is 0 Å². The van der Waals surface area contributed by atoms with Gasteiger partial charge < -0.3 is 14.0 Å². The van der Waals surface area contributed by atoms with Crippen molar-refractivity contribution < 1.29 is 18.7 Å². The van der Waals surface area contributed by atoms with E-state index in [0.29, 0.717) is 22.2 Å². The average Bonchev–Trinajstić information content (AvgIpc) is 3.59. The van der Waals surface area contributed by atoms with Gasteiger partial charge in [-0.3, -0.25) is 4.79 Å². The number of methoxy groups -OCH3 is 1. The molecule has 0 radical (unpaired) electrons. The Hall–Kier alpha value is -3.66. The van der Waals surface area contributed by atoms with Gasteiger partial charge in [-0.2, -0.15) is 5.26 Å². The fraction of sp³-hybridized carbons (Fsp3) is 0.292. The van der Waals surface area contributed by atoms with Gasteiger partial charge in [-0.05, 0) is 56.0 Å². The molecule has 1 heterocycles. The Labute approximate surface area is 178 Å². The molecular weight excluding hydrogens is 399 g/mol. The van der Waals surface area contributed by atoms with E-state index in [9.17, 15) is 14.9 Å². The van der Waals surface area contributed by atoms with Gasteiger partial charge in [0.2, 0.25) is 5.43 Å². The first kappa shape index (κ1) is 20.6. The summed E-state index contributed by atoms with van der Waals surface area (Å²) < 4.78 is 27.8. The van der Waals surface area contributed by atoms with Crippen LogP contribution in [0.25, 0.3) is 22.0 Å². The molecule has 4 rings (SSSR count). The highest BCUT2D eigenvalue weighted by Gasteiger charge is 2.30. The number of aryl methyl sites for hydroxylation is 1. The van der Waals surface area contributed by atoms with Crippen LogP contribution >= 0.6 is 0 Å². The second-order valence-electron chi connectivity index (χ2n) is 7.54. The fourth-order valence-corrected chi connectivity index (χ4v) is 3.86. The number of aromatic nitrogens is 1. The van der Waals surface area contributed by atoms with Gasteiger partial charge in [0, 0.05) is 12.2 Å². The van der Waals surface area contributed by atoms with Crippen LogP contribution in [0.3, 0.4) is 0 Å². The number of carbonyl (C=O) groups excluding carboxylic acids is 1. The van der Waals surface area contributed by atoms with E-state index < -0.39 is 17.2 Å². The molecule has 0 saturated heterocycles. The van der Waals surface area contributed by atoms with Gasteiger partial charge in [-0.15, -0.1) is 0 Å². The van der Waals surface area contributed by atoms with Gasteiger partial charge >= 0.3 is 5.97 Å². The van der Waals surface area contributed by atoms with Crippen molar-refractivity contribution in [1.82, 2.24) is 4.57 Å². The number of ether oxygens (including phenoxy) is 2. The number of halogens is 1. The van der Waals surface area contributed by atoms with Crippen LogP contribution in [-0.2, 0) is 4.74 Å². The molecule has 1 aliphatic rings. The molecule has 1 aromatic heterocycles. The normalized spacial score (nSPS) is 13.1. The Kier molecular flexibility index (Phi) is 5.24. The number of pyridine rings is 1. The monoisotopic (exact) mass is 420 g/mol. The second kappa shape index (κ2) is 7.88. The van der Waals surface area contributed by atoms with E-state index in [2.05, 4.69) is 6.07 Å². The standard InChI is InChI=1S/C24H21FN2O4/c1-4-31-24(29)18-12-27(16-7-8-16)21-17(22(18)28)10-19(25)20(23(21)30-3)14-5-6-15(11-26)13(2)9-14/h5-6,9-10,12,16H,4,7-8H2,1-3H3. The summed E-state index contributed by atoms with van der Waals surface area (Å²) in [5.41, 5.74) is 1.69. The van der Waals surface area contributed by atoms with Crippen LogP contribution in [-0.4, -0.2) is 24.3 Å². The summed E-state index contributed by atoms with van der Waals surface area (Å²) in [6.07, 6.45) is 3.26. The number of hydrogen-bond donors (Lipinski definition) is 0. The van der Waals surface area contributed by atoms with Crippen molar-refractivity contribution in [3.8, 4) is 22.9 Å². The van der Waals surface area contributed by atoms with Crippen molar-refractivity contribution >= 4 is 16.9 Å². The third-order valence-corrected chi connectivity index (χ3v) is 5.50. The lowest BCUT2D eigenvalue weighted by Crippen LogP contribution is -2.21. The van der Waals surface area contributed by atoms with Crippen LogP contribution in [0.1, 0.15) is 47.3 Å². The van der Waals surface area contributed by atoms with Gasteiger partial charge in [-0.1, -0.05) is 6.07 Å². The van der Waals surface area contributed by atoms with E-state index in [4.69, 9.17) is 9.47 Å². The number of hydrogen-bond acceptors (Lipinski definition) is 5. The molecule has 2 aromatic carbocycles. The summed E-state index contributed by atoms with van der Waals surface area (Å²) in [4.78, 5) is 25.4. The number of nitriles is 1. The number of rotatable bonds is 5. The van der Waals surface area contributed by atoms with Gasteiger partial charge in [0.05, 0.1) is 41.8 Å². The van der Waals surface area contributed by atoms with Gasteiger partial charge in [-0.25, -0.2) is 9.18 Å². The molecule has 7 heteroatoms. The van der Waals surface area contributed by atoms with Crippen LogP contribution in [0.5, 0.6) is 5.75 Å². The molecule has 0 spiro atoms. The van der Waals surface area contributed by atoms with Crippen molar-refractivity contribution in [3.63, 3.8) is 0 Å². The number of benzene rings is 2. The average molecular weight is 420 g/mol. The minimum Gasteiger partial charge on any atom is -0.494 e. The van der Waals surface area contributed by atoms with E-state index in [1.54, 1.807) is 32.0 Å². The Morgan fingerprint density at radius 1 is 1.32 bits per heavy atom. The fourth-order valence-electron chi connectivity index (χ4n) is 3.86. The first-order chi connectivity index (χ1) is 14.9. The van der Waals surface area contributed by atoms with Gasteiger partial charge in [0.25, 0.3) is 0 Å². The zero-order chi connectivity index (χ0) is 22.3. The minimum absolute atomic E-state index is 0.0703. The number of esters is 1. The predicted molar refractivity (Wildman–Crippen MR) is 114 cm³/mol. The lowest BCUT2D eigenvalue weighted by molar-refractivity contribution is 0.0524. The molecule has 0 unspecified atom stereocenters. The zero-order valence-electron chi connectivity index (χ0n) is 17.5. The Balaban J connectivity index is 2.07. The number of nitrogens with zero attached hydrogens (tertiary/aromatic N) is 2. The zero-order valence-corrected chi connectivity index (χ0v) is 17.5. The topological polar surface area (TPSA) is 81.3 Å². The molecule has 3 aromatic rings. The van der Waals surface area contributed by atoms with Crippen LogP contribution in [0, 0.1) is 24.1 Å². The number of fused-ring (bicyclic) bond motifs is 1. The van der Waals surface area contributed by atoms with E-state index in [1.165, 1.54) is 13.3 Å². The minimum atomic E-state index is -0.727. The first-order valence-electron chi connectivity index (χ1n) is 10.0. The summed E-state index contributed by atoms with van der Waals surface area (Å²) in [5, 5.41) is 9.27. The molecule has 1 aliphatic carbocycles. The van der Waals surface area contributed by atoms with Crippen molar-refractivity contribution in [3.05, 3.63) is 63.2 Å². The molecule has 1 saturated carbocycles. The molecule has 0 atom stereocenters. The van der Waals surface area contributed by atoms with Crippen molar-refractivity contribution in [2.75, 3.05) is 13.7 Å². The quantitative estimate of drug-likeness (QED) is 0.568. The predicted octanol–water partition coefficient (Wildman–Crippen LogP) is 4.51. The molecule has 31 heavy (non-hydrogen) atoms. The molecule has 6 nitrogen and oxygen atoms in total. The van der Waals surface area contributed by atoms with Crippen molar-refractivity contribution in [2.45, 2.75) is 32.7 Å². The van der Waals surface area contributed by atoms with E-state index in [0.717, 1.165) is 18.9 Å². The lowest BCUT2D eigenvalue weighted by Gasteiger charge is -2.19. The SMILES string of the molecule is CCOC(=O)c1cn(C2CC2)c2c(OC)c(-c3ccc(C#N)c(C)c3)c(F)cc2c1=O. The highest BCUT2D eigenvalue weighted by Crippen LogP contribution is 2.43. The van der Waals surface area contributed by atoms with Crippen molar-refractivity contribution in [1.29, 1.82) is 5.26 Å². The van der Waals surface area contributed by atoms with E-state index in [-0.39, 0.29) is 34.9 Å². The maximum absolute atomic E-state index is 15.4. The number of carbonyl (C=O) groups is 1. The van der Waals surface area contributed by atoms with E-state index in [1.807, 2.05) is 4.57 Å². The van der Waals surface area contributed by atoms with Crippen LogP contribution in [0.4, 0.5) is 4.39 Å². The van der Waals surface area contributed by atoms with Crippen LogP contribution < -0.4 is 10.2 Å². The maximum atomic E-state index is 15.4. The summed E-state index contributed by atoms with van der Waals surface area (Å²) in [6.45, 7) is 3.57. The van der Waals surface area contributed by atoms with Gasteiger partial charge in [0.1, 0.15) is 11.4 Å². The second-order valence-corrected chi connectivity index (χ2v) is 7.54. The highest BCUT2D eigenvalue weighted by atomic mass is 19.1. The molecule has 0 bridgehead atoms.